The summed E-state index contributed by atoms with van der Waals surface area (Å²) in [5.74, 6) is 0.376. The number of rotatable bonds is 4. The molecule has 0 aromatic heterocycles. The van der Waals surface area contributed by atoms with Crippen molar-refractivity contribution in [3.8, 4) is 0 Å². The van der Waals surface area contributed by atoms with Crippen molar-refractivity contribution in [3.63, 3.8) is 0 Å². The first-order valence-electron chi connectivity index (χ1n) is 6.84. The van der Waals surface area contributed by atoms with Crippen molar-refractivity contribution in [2.75, 3.05) is 11.9 Å². The van der Waals surface area contributed by atoms with E-state index in [-0.39, 0.29) is 18.4 Å². The van der Waals surface area contributed by atoms with Crippen molar-refractivity contribution in [2.45, 2.75) is 6.42 Å². The van der Waals surface area contributed by atoms with Crippen molar-refractivity contribution < 1.29 is 0 Å². The maximum absolute atomic E-state index is 5.45. The van der Waals surface area contributed by atoms with E-state index < -0.39 is 0 Å². The van der Waals surface area contributed by atoms with Crippen molar-refractivity contribution in [3.05, 3.63) is 64.6 Å². The van der Waals surface area contributed by atoms with Crippen LogP contribution in [0.15, 0.2) is 69.1 Å². The molecule has 0 saturated carbocycles. The van der Waals surface area contributed by atoms with Gasteiger partial charge in [-0.15, -0.1) is 12.4 Å². The van der Waals surface area contributed by atoms with Gasteiger partial charge in [0.1, 0.15) is 0 Å². The van der Waals surface area contributed by atoms with E-state index >= 15 is 0 Å². The van der Waals surface area contributed by atoms with Gasteiger partial charge in [0, 0.05) is 16.7 Å². The maximum atomic E-state index is 5.45. The highest BCUT2D eigenvalue weighted by atomic mass is 79.9. The van der Waals surface area contributed by atoms with Crippen LogP contribution >= 0.6 is 28.3 Å². The Labute approximate surface area is 150 Å². The fourth-order valence-corrected chi connectivity index (χ4v) is 2.09. The molecule has 0 saturated heterocycles. The molecule has 0 aliphatic carbocycles. The zero-order valence-electron chi connectivity index (χ0n) is 12.4. The van der Waals surface area contributed by atoms with Gasteiger partial charge in [-0.1, -0.05) is 46.3 Å². The predicted octanol–water partition coefficient (Wildman–Crippen LogP) is 3.15. The number of hydrogen-bond donors (Lipinski definition) is 3. The lowest BCUT2D eigenvalue weighted by atomic mass is 10.2. The van der Waals surface area contributed by atoms with E-state index in [4.69, 9.17) is 11.5 Å². The van der Waals surface area contributed by atoms with Gasteiger partial charge in [-0.3, -0.25) is 4.99 Å². The Hall–Kier alpha value is -2.05. The predicted molar refractivity (Wildman–Crippen MR) is 103 cm³/mol. The van der Waals surface area contributed by atoms with Gasteiger partial charge in [0.15, 0.2) is 5.96 Å². The summed E-state index contributed by atoms with van der Waals surface area (Å²) < 4.78 is 1.00. The molecule has 23 heavy (non-hydrogen) atoms. The van der Waals surface area contributed by atoms with Gasteiger partial charge in [0.25, 0.3) is 0 Å². The molecule has 0 fully saturated rings. The molecule has 0 radical (unpaired) electrons. The summed E-state index contributed by atoms with van der Waals surface area (Å²) in [5, 5.41) is 3.11. The smallest absolute Gasteiger partial charge is 0.225 e. The van der Waals surface area contributed by atoms with E-state index in [1.165, 1.54) is 5.56 Å². The van der Waals surface area contributed by atoms with Gasteiger partial charge in [0.05, 0.1) is 0 Å². The second-order valence-corrected chi connectivity index (χ2v) is 5.53. The Kier molecular flexibility index (Phi) is 8.15. The van der Waals surface area contributed by atoms with Gasteiger partial charge in [-0.2, -0.15) is 4.99 Å². The molecular weight excluding hydrogens is 378 g/mol. The minimum atomic E-state index is -0.0249. The highest BCUT2D eigenvalue weighted by Gasteiger charge is 2.00. The van der Waals surface area contributed by atoms with Crippen LogP contribution < -0.4 is 16.8 Å². The summed E-state index contributed by atoms with van der Waals surface area (Å²) in [6.45, 7) is 0.597. The number of nitrogens with one attached hydrogen (secondary N) is 1. The summed E-state index contributed by atoms with van der Waals surface area (Å²) in [6, 6.07) is 17.8. The van der Waals surface area contributed by atoms with Crippen LogP contribution in [0.2, 0.25) is 0 Å². The van der Waals surface area contributed by atoms with Crippen molar-refractivity contribution >= 4 is 45.9 Å². The molecule has 122 valence electrons. The van der Waals surface area contributed by atoms with Crippen LogP contribution in [0.1, 0.15) is 5.56 Å². The molecule has 0 heterocycles. The maximum Gasteiger partial charge on any atom is 0.225 e. The zero-order chi connectivity index (χ0) is 15.8. The number of guanidine groups is 2. The van der Waals surface area contributed by atoms with Crippen LogP contribution in [-0.2, 0) is 6.42 Å². The van der Waals surface area contributed by atoms with Gasteiger partial charge < -0.3 is 16.8 Å². The Balaban J connectivity index is 0.00000264. The normalized spacial score (nSPS) is 10.6. The van der Waals surface area contributed by atoms with Crippen LogP contribution in [0.4, 0.5) is 5.69 Å². The SMILES string of the molecule is Cl.NC(N)=NC(=NCCc1ccccc1)Nc1ccc(Br)cc1. The highest BCUT2D eigenvalue weighted by Crippen LogP contribution is 2.14. The molecule has 0 amide bonds. The Morgan fingerprint density at radius 1 is 1.00 bits per heavy atom. The van der Waals surface area contributed by atoms with Gasteiger partial charge in [-0.25, -0.2) is 0 Å². The third-order valence-electron chi connectivity index (χ3n) is 2.84. The standard InChI is InChI=1S/C16H18BrN5.ClH/c17-13-6-8-14(9-7-13)21-16(22-15(18)19)20-11-10-12-4-2-1-3-5-12;/h1-9H,10-11H2,(H5,18,19,20,21,22);1H. The first kappa shape index (κ1) is 19.0. The van der Waals surface area contributed by atoms with Crippen molar-refractivity contribution in [1.29, 1.82) is 0 Å². The molecule has 0 bridgehead atoms. The molecule has 2 rings (SSSR count). The zero-order valence-corrected chi connectivity index (χ0v) is 14.8. The summed E-state index contributed by atoms with van der Waals surface area (Å²) in [7, 11) is 0. The van der Waals surface area contributed by atoms with Gasteiger partial charge in [-0.05, 0) is 36.2 Å². The second kappa shape index (κ2) is 9.86. The third-order valence-corrected chi connectivity index (χ3v) is 3.37. The molecule has 5 N–H and O–H groups in total. The molecular formula is C16H19BrClN5. The van der Waals surface area contributed by atoms with E-state index in [0.717, 1.165) is 16.6 Å². The quantitative estimate of drug-likeness (QED) is 0.548. The second-order valence-electron chi connectivity index (χ2n) is 4.61. The average molecular weight is 397 g/mol. The van der Waals surface area contributed by atoms with E-state index in [2.05, 4.69) is 43.4 Å². The number of halogens is 2. The Morgan fingerprint density at radius 2 is 1.65 bits per heavy atom. The van der Waals surface area contributed by atoms with Gasteiger partial charge >= 0.3 is 0 Å². The van der Waals surface area contributed by atoms with Crippen LogP contribution in [0.5, 0.6) is 0 Å². The largest absolute Gasteiger partial charge is 0.370 e. The molecule has 2 aromatic rings. The first-order chi connectivity index (χ1) is 10.6. The minimum absolute atomic E-state index is 0. The lowest BCUT2D eigenvalue weighted by Crippen LogP contribution is -2.26. The lowest BCUT2D eigenvalue weighted by molar-refractivity contribution is 0.964. The summed E-state index contributed by atoms with van der Waals surface area (Å²) in [5.41, 5.74) is 13.0. The Bertz CT molecular complexity index is 652. The summed E-state index contributed by atoms with van der Waals surface area (Å²) in [4.78, 5) is 8.45. The number of nitrogens with two attached hydrogens (primary N) is 2. The number of benzene rings is 2. The van der Waals surface area contributed by atoms with E-state index in [1.807, 2.05) is 42.5 Å². The first-order valence-corrected chi connectivity index (χ1v) is 7.63. The molecule has 7 heteroatoms. The van der Waals surface area contributed by atoms with Crippen molar-refractivity contribution in [1.82, 2.24) is 0 Å². The molecule has 5 nitrogen and oxygen atoms in total. The summed E-state index contributed by atoms with van der Waals surface area (Å²) >= 11 is 3.39. The molecule has 0 aliphatic rings. The number of aliphatic imine (C=N–C) groups is 2. The Morgan fingerprint density at radius 3 is 2.26 bits per heavy atom. The monoisotopic (exact) mass is 395 g/mol. The molecule has 0 atom stereocenters. The molecule has 0 aliphatic heterocycles. The number of anilines is 1. The number of nitrogens with zero attached hydrogens (tertiary/aromatic N) is 2. The topological polar surface area (TPSA) is 88.8 Å². The van der Waals surface area contributed by atoms with Gasteiger partial charge in [0.2, 0.25) is 5.96 Å². The van der Waals surface area contributed by atoms with Crippen LogP contribution in [0.3, 0.4) is 0 Å². The molecule has 0 spiro atoms. The van der Waals surface area contributed by atoms with E-state index in [0.29, 0.717) is 12.5 Å². The van der Waals surface area contributed by atoms with Crippen molar-refractivity contribution in [2.24, 2.45) is 21.5 Å². The third kappa shape index (κ3) is 7.17. The fraction of sp³-hybridized carbons (Fsp3) is 0.125. The average Bonchev–Trinajstić information content (AvgIpc) is 2.50. The molecule has 2 aromatic carbocycles. The lowest BCUT2D eigenvalue weighted by Gasteiger charge is -2.07. The van der Waals surface area contributed by atoms with Crippen LogP contribution in [-0.4, -0.2) is 18.5 Å². The minimum Gasteiger partial charge on any atom is -0.370 e. The number of hydrogen-bond acceptors (Lipinski definition) is 1. The van der Waals surface area contributed by atoms with Crippen LogP contribution in [0.25, 0.3) is 0 Å². The highest BCUT2D eigenvalue weighted by molar-refractivity contribution is 9.10. The summed E-state index contributed by atoms with van der Waals surface area (Å²) in [6.07, 6.45) is 0.826. The van der Waals surface area contributed by atoms with Crippen LogP contribution in [0, 0.1) is 0 Å². The fourth-order valence-electron chi connectivity index (χ4n) is 1.82. The van der Waals surface area contributed by atoms with E-state index in [1.54, 1.807) is 0 Å². The van der Waals surface area contributed by atoms with E-state index in [9.17, 15) is 0 Å². The molecule has 0 unspecified atom stereocenters.